The van der Waals surface area contributed by atoms with Crippen molar-refractivity contribution in [3.63, 3.8) is 0 Å². The quantitative estimate of drug-likeness (QED) is 0.386. The lowest BCUT2D eigenvalue weighted by Crippen LogP contribution is -2.38. The Kier molecular flexibility index (Phi) is 9.08. The molecule has 0 saturated heterocycles. The lowest BCUT2D eigenvalue weighted by atomic mass is 10.1. The number of ether oxygens (including phenoxy) is 1. The first-order valence-corrected chi connectivity index (χ1v) is 8.93. The zero-order valence-electron chi connectivity index (χ0n) is 17.4. The van der Waals surface area contributed by atoms with Crippen LogP contribution in [-0.4, -0.2) is 41.8 Å². The summed E-state index contributed by atoms with van der Waals surface area (Å²) in [4.78, 5) is 6.53. The first-order chi connectivity index (χ1) is 12.3. The molecule has 1 N–H and O–H groups in total. The van der Waals surface area contributed by atoms with Gasteiger partial charge in [-0.25, -0.2) is 0 Å². The van der Waals surface area contributed by atoms with Crippen molar-refractivity contribution in [3.05, 3.63) is 46.8 Å². The first-order valence-electron chi connectivity index (χ1n) is 8.93. The molecule has 0 aliphatic rings. The van der Waals surface area contributed by atoms with Crippen molar-refractivity contribution >= 4 is 29.9 Å². The van der Waals surface area contributed by atoms with E-state index in [1.807, 2.05) is 25.7 Å². The minimum atomic E-state index is 0. The van der Waals surface area contributed by atoms with Crippen molar-refractivity contribution in [1.29, 1.82) is 0 Å². The van der Waals surface area contributed by atoms with Crippen molar-refractivity contribution in [2.45, 2.75) is 39.8 Å². The van der Waals surface area contributed by atoms with Gasteiger partial charge in [0.15, 0.2) is 5.96 Å². The van der Waals surface area contributed by atoms with Crippen molar-refractivity contribution in [1.82, 2.24) is 20.0 Å². The molecular weight excluding hydrogens is 453 g/mol. The molecule has 1 aromatic carbocycles. The SMILES string of the molecule is CN=C(NCc1ccc(C)c(OC)c1)N(C)Cc1cn(C)nc1C(C)C.I. The summed E-state index contributed by atoms with van der Waals surface area (Å²) < 4.78 is 7.29. The van der Waals surface area contributed by atoms with Gasteiger partial charge in [-0.2, -0.15) is 5.10 Å². The predicted molar refractivity (Wildman–Crippen MR) is 122 cm³/mol. The fourth-order valence-electron chi connectivity index (χ4n) is 3.03. The molecule has 0 saturated carbocycles. The van der Waals surface area contributed by atoms with Gasteiger partial charge >= 0.3 is 0 Å². The molecule has 0 aliphatic carbocycles. The molecule has 0 radical (unpaired) electrons. The van der Waals surface area contributed by atoms with Gasteiger partial charge < -0.3 is 15.0 Å². The molecule has 27 heavy (non-hydrogen) atoms. The van der Waals surface area contributed by atoms with Crippen LogP contribution in [0.4, 0.5) is 0 Å². The van der Waals surface area contributed by atoms with Crippen LogP contribution in [0.3, 0.4) is 0 Å². The number of nitrogens with one attached hydrogen (secondary N) is 1. The van der Waals surface area contributed by atoms with Gasteiger partial charge in [-0.3, -0.25) is 9.67 Å². The fraction of sp³-hybridized carbons (Fsp3) is 0.500. The van der Waals surface area contributed by atoms with E-state index in [-0.39, 0.29) is 24.0 Å². The van der Waals surface area contributed by atoms with Crippen molar-refractivity contribution in [2.24, 2.45) is 12.0 Å². The Morgan fingerprint density at radius 2 is 2.07 bits per heavy atom. The van der Waals surface area contributed by atoms with Crippen molar-refractivity contribution < 1.29 is 4.74 Å². The van der Waals surface area contributed by atoms with E-state index in [9.17, 15) is 0 Å². The predicted octanol–water partition coefficient (Wildman–Crippen LogP) is 3.69. The van der Waals surface area contributed by atoms with E-state index < -0.39 is 0 Å². The van der Waals surface area contributed by atoms with Gasteiger partial charge in [-0.1, -0.05) is 26.0 Å². The van der Waals surface area contributed by atoms with Crippen LogP contribution in [0.5, 0.6) is 5.75 Å². The van der Waals surface area contributed by atoms with Crippen LogP contribution >= 0.6 is 24.0 Å². The lowest BCUT2D eigenvalue weighted by molar-refractivity contribution is 0.411. The van der Waals surface area contributed by atoms with Crippen LogP contribution in [0.25, 0.3) is 0 Å². The molecule has 6 nitrogen and oxygen atoms in total. The molecule has 1 aromatic heterocycles. The molecule has 0 bridgehead atoms. The summed E-state index contributed by atoms with van der Waals surface area (Å²) in [6, 6.07) is 6.25. The maximum absolute atomic E-state index is 5.41. The Balaban J connectivity index is 0.00000364. The second kappa shape index (κ2) is 10.5. The van der Waals surface area contributed by atoms with E-state index in [2.05, 4.69) is 58.6 Å². The minimum absolute atomic E-state index is 0. The summed E-state index contributed by atoms with van der Waals surface area (Å²) >= 11 is 0. The Morgan fingerprint density at radius 1 is 1.37 bits per heavy atom. The monoisotopic (exact) mass is 485 g/mol. The second-order valence-corrected chi connectivity index (χ2v) is 6.93. The van der Waals surface area contributed by atoms with Crippen LogP contribution in [0.15, 0.2) is 29.4 Å². The Labute approximate surface area is 180 Å². The lowest BCUT2D eigenvalue weighted by Gasteiger charge is -2.22. The third-order valence-corrected chi connectivity index (χ3v) is 4.39. The van der Waals surface area contributed by atoms with Crippen LogP contribution in [-0.2, 0) is 20.1 Å². The topological polar surface area (TPSA) is 54.7 Å². The summed E-state index contributed by atoms with van der Waals surface area (Å²) in [5, 5.41) is 8.01. The molecule has 150 valence electrons. The number of rotatable bonds is 6. The number of nitrogens with zero attached hydrogens (tertiary/aromatic N) is 4. The van der Waals surface area contributed by atoms with Gasteiger partial charge in [0.2, 0.25) is 0 Å². The first kappa shape index (κ1) is 23.3. The molecule has 0 fully saturated rings. The van der Waals surface area contributed by atoms with Gasteiger partial charge in [0.05, 0.1) is 12.8 Å². The number of methoxy groups -OCH3 is 1. The van der Waals surface area contributed by atoms with Gasteiger partial charge in [-0.15, -0.1) is 24.0 Å². The van der Waals surface area contributed by atoms with E-state index in [4.69, 9.17) is 4.74 Å². The highest BCUT2D eigenvalue weighted by Gasteiger charge is 2.15. The van der Waals surface area contributed by atoms with Crippen LogP contribution in [0.1, 0.15) is 42.1 Å². The summed E-state index contributed by atoms with van der Waals surface area (Å²) in [6.45, 7) is 7.84. The number of benzene rings is 1. The molecule has 2 aromatic rings. The normalized spacial score (nSPS) is 11.3. The summed E-state index contributed by atoms with van der Waals surface area (Å²) in [5.41, 5.74) is 4.66. The highest BCUT2D eigenvalue weighted by Crippen LogP contribution is 2.20. The summed E-state index contributed by atoms with van der Waals surface area (Å²) in [5.74, 6) is 2.15. The molecule has 0 atom stereocenters. The van der Waals surface area contributed by atoms with Gasteiger partial charge in [-0.05, 0) is 30.0 Å². The van der Waals surface area contributed by atoms with Crippen molar-refractivity contribution in [2.75, 3.05) is 21.2 Å². The molecule has 1 heterocycles. The number of halogens is 1. The average Bonchev–Trinajstić information content (AvgIpc) is 2.97. The zero-order valence-corrected chi connectivity index (χ0v) is 19.7. The Morgan fingerprint density at radius 3 is 2.67 bits per heavy atom. The van der Waals surface area contributed by atoms with Gasteiger partial charge in [0.1, 0.15) is 5.75 Å². The third kappa shape index (κ3) is 6.12. The molecule has 2 rings (SSSR count). The van der Waals surface area contributed by atoms with E-state index >= 15 is 0 Å². The number of guanidine groups is 1. The Bertz CT molecular complexity index is 770. The van der Waals surface area contributed by atoms with Crippen LogP contribution < -0.4 is 10.1 Å². The zero-order chi connectivity index (χ0) is 19.3. The molecule has 0 unspecified atom stereocenters. The molecular formula is C20H32IN5O. The Hall–Kier alpha value is -1.77. The highest BCUT2D eigenvalue weighted by atomic mass is 127. The molecule has 0 spiro atoms. The fourth-order valence-corrected chi connectivity index (χ4v) is 3.03. The van der Waals surface area contributed by atoms with Gasteiger partial charge in [0, 0.05) is 46.0 Å². The average molecular weight is 485 g/mol. The van der Waals surface area contributed by atoms with Gasteiger partial charge in [0.25, 0.3) is 0 Å². The number of hydrogen-bond donors (Lipinski definition) is 1. The maximum Gasteiger partial charge on any atom is 0.193 e. The standard InChI is InChI=1S/C20H31N5O.HI/c1-14(2)19-17(13-25(6)23-19)12-24(5)20(21-4)22-11-16-9-8-15(3)18(10-16)26-7;/h8-10,13-14H,11-12H2,1-7H3,(H,21,22);1H. The van der Waals surface area contributed by atoms with E-state index in [1.165, 1.54) is 5.56 Å². The van der Waals surface area contributed by atoms with Crippen LogP contribution in [0, 0.1) is 6.92 Å². The minimum Gasteiger partial charge on any atom is -0.496 e. The summed E-state index contributed by atoms with van der Waals surface area (Å²) in [6.07, 6.45) is 2.09. The third-order valence-electron chi connectivity index (χ3n) is 4.39. The molecule has 0 aliphatic heterocycles. The number of aliphatic imine (C=N–C) groups is 1. The number of hydrogen-bond acceptors (Lipinski definition) is 3. The van der Waals surface area contributed by atoms with Crippen LogP contribution in [0.2, 0.25) is 0 Å². The van der Waals surface area contributed by atoms with E-state index in [1.54, 1.807) is 14.2 Å². The van der Waals surface area contributed by atoms with E-state index in [0.717, 1.165) is 35.1 Å². The maximum atomic E-state index is 5.41. The van der Waals surface area contributed by atoms with Crippen molar-refractivity contribution in [3.8, 4) is 5.75 Å². The smallest absolute Gasteiger partial charge is 0.193 e. The summed E-state index contributed by atoms with van der Waals surface area (Å²) in [7, 11) is 7.52. The largest absolute Gasteiger partial charge is 0.496 e. The molecule has 0 amide bonds. The van der Waals surface area contributed by atoms with E-state index in [0.29, 0.717) is 12.5 Å². The molecule has 7 heteroatoms. The highest BCUT2D eigenvalue weighted by molar-refractivity contribution is 14.0. The second-order valence-electron chi connectivity index (χ2n) is 6.93. The number of aromatic nitrogens is 2. The number of aryl methyl sites for hydroxylation is 2.